The summed E-state index contributed by atoms with van der Waals surface area (Å²) in [4.78, 5) is 23.2. The highest BCUT2D eigenvalue weighted by Crippen LogP contribution is 2.24. The van der Waals surface area contributed by atoms with Crippen LogP contribution in [0.4, 0.5) is 0 Å². The minimum absolute atomic E-state index is 0.0192. The van der Waals surface area contributed by atoms with Crippen molar-refractivity contribution in [2.75, 3.05) is 13.2 Å². The maximum absolute atomic E-state index is 11.9. The third-order valence-electron chi connectivity index (χ3n) is 4.86. The Bertz CT molecular complexity index is 801. The highest BCUT2D eigenvalue weighted by Gasteiger charge is 2.45. The second-order valence-corrected chi connectivity index (χ2v) is 7.19. The van der Waals surface area contributed by atoms with Crippen molar-refractivity contribution >= 4 is 17.8 Å². The van der Waals surface area contributed by atoms with Gasteiger partial charge >= 0.3 is 5.97 Å². The predicted octanol–water partition coefficient (Wildman–Crippen LogP) is -0.0820. The molecule has 9 nitrogen and oxygen atoms in total. The second-order valence-electron chi connectivity index (χ2n) is 7.19. The van der Waals surface area contributed by atoms with Crippen molar-refractivity contribution in [1.29, 1.82) is 0 Å². The average molecular weight is 420 g/mol. The summed E-state index contributed by atoms with van der Waals surface area (Å²) in [7, 11) is 0. The SMILES string of the molecule is O=C1C=CC(CO[C@@H]2O[C@H](COC(=O)/C=C/c3ccc(O)cc3)[C@@H](O)[C@H](O)[C@H]2O)C1. The number of allylic oxidation sites excluding steroid dienone is 1. The number of carbonyl (C=O) groups excluding carboxylic acids is 2. The highest BCUT2D eigenvalue weighted by molar-refractivity contribution is 5.92. The van der Waals surface area contributed by atoms with Gasteiger partial charge in [0.1, 0.15) is 36.8 Å². The quantitative estimate of drug-likeness (QED) is 0.352. The number of phenolic OH excluding ortho intramolecular Hbond substituents is 1. The van der Waals surface area contributed by atoms with Crippen molar-refractivity contribution in [2.45, 2.75) is 37.1 Å². The summed E-state index contributed by atoms with van der Waals surface area (Å²) in [6, 6.07) is 6.17. The van der Waals surface area contributed by atoms with Gasteiger partial charge in [0, 0.05) is 18.4 Å². The number of aliphatic hydroxyl groups is 3. The Kier molecular flexibility index (Phi) is 7.35. The van der Waals surface area contributed by atoms with Crippen molar-refractivity contribution < 1.29 is 44.2 Å². The molecule has 30 heavy (non-hydrogen) atoms. The summed E-state index contributed by atoms with van der Waals surface area (Å²) in [5, 5.41) is 39.5. The van der Waals surface area contributed by atoms with Gasteiger partial charge in [0.2, 0.25) is 0 Å². The molecule has 2 aliphatic rings. The molecule has 1 fully saturated rings. The van der Waals surface area contributed by atoms with Gasteiger partial charge < -0.3 is 34.6 Å². The van der Waals surface area contributed by atoms with Gasteiger partial charge in [0.05, 0.1) is 6.61 Å². The maximum Gasteiger partial charge on any atom is 0.330 e. The Hall–Kier alpha value is -2.56. The second kappa shape index (κ2) is 9.96. The molecule has 162 valence electrons. The lowest BCUT2D eigenvalue weighted by Crippen LogP contribution is -2.59. The largest absolute Gasteiger partial charge is 0.508 e. The summed E-state index contributed by atoms with van der Waals surface area (Å²) in [5.74, 6) is -0.772. The smallest absolute Gasteiger partial charge is 0.330 e. The van der Waals surface area contributed by atoms with Crippen molar-refractivity contribution in [1.82, 2.24) is 0 Å². The highest BCUT2D eigenvalue weighted by atomic mass is 16.7. The molecule has 0 saturated carbocycles. The molecule has 4 N–H and O–H groups in total. The molecule has 0 spiro atoms. The summed E-state index contributed by atoms with van der Waals surface area (Å²) in [6.45, 7) is -0.278. The molecule has 1 aromatic carbocycles. The van der Waals surface area contributed by atoms with Gasteiger partial charge in [0.25, 0.3) is 0 Å². The first-order valence-corrected chi connectivity index (χ1v) is 9.49. The van der Waals surface area contributed by atoms with E-state index in [-0.39, 0.29) is 30.7 Å². The Morgan fingerprint density at radius 3 is 2.50 bits per heavy atom. The first kappa shape index (κ1) is 22.1. The number of ketones is 1. The Balaban J connectivity index is 1.50. The fourth-order valence-electron chi connectivity index (χ4n) is 3.12. The minimum atomic E-state index is -1.55. The van der Waals surface area contributed by atoms with Crippen LogP contribution < -0.4 is 0 Å². The van der Waals surface area contributed by atoms with E-state index in [0.717, 1.165) is 0 Å². The summed E-state index contributed by atoms with van der Waals surface area (Å²) in [5.41, 5.74) is 0.671. The van der Waals surface area contributed by atoms with Crippen molar-refractivity contribution in [3.63, 3.8) is 0 Å². The fraction of sp³-hybridized carbons (Fsp3) is 0.429. The van der Waals surface area contributed by atoms with Gasteiger partial charge in [-0.15, -0.1) is 0 Å². The summed E-state index contributed by atoms with van der Waals surface area (Å²) < 4.78 is 16.0. The van der Waals surface area contributed by atoms with Crippen LogP contribution in [0.1, 0.15) is 12.0 Å². The molecule has 3 rings (SSSR count). The monoisotopic (exact) mass is 420 g/mol. The molecule has 1 heterocycles. The molecular formula is C21H24O9. The maximum atomic E-state index is 11.9. The number of hydrogen-bond acceptors (Lipinski definition) is 9. The molecule has 1 unspecified atom stereocenters. The first-order chi connectivity index (χ1) is 14.3. The number of carbonyl (C=O) groups is 2. The zero-order chi connectivity index (χ0) is 21.7. The fourth-order valence-corrected chi connectivity index (χ4v) is 3.12. The van der Waals surface area contributed by atoms with E-state index >= 15 is 0 Å². The molecule has 0 radical (unpaired) electrons. The van der Waals surface area contributed by atoms with Gasteiger partial charge in [-0.3, -0.25) is 4.79 Å². The lowest BCUT2D eigenvalue weighted by Gasteiger charge is -2.40. The van der Waals surface area contributed by atoms with Crippen LogP contribution in [0.5, 0.6) is 5.75 Å². The van der Waals surface area contributed by atoms with Gasteiger partial charge in [-0.05, 0) is 29.8 Å². The van der Waals surface area contributed by atoms with Gasteiger partial charge in [0.15, 0.2) is 12.1 Å². The molecule has 1 aliphatic carbocycles. The summed E-state index contributed by atoms with van der Waals surface area (Å²) in [6.07, 6.45) is -0.789. The number of aliphatic hydroxyl groups excluding tert-OH is 3. The third-order valence-corrected chi connectivity index (χ3v) is 4.86. The van der Waals surface area contributed by atoms with Crippen LogP contribution in [0.2, 0.25) is 0 Å². The van der Waals surface area contributed by atoms with Crippen LogP contribution in [-0.2, 0) is 23.8 Å². The third kappa shape index (κ3) is 5.74. The van der Waals surface area contributed by atoms with E-state index in [9.17, 15) is 30.0 Å². The number of hydrogen-bond donors (Lipinski definition) is 4. The average Bonchev–Trinajstić information content (AvgIpc) is 3.15. The van der Waals surface area contributed by atoms with Crippen LogP contribution >= 0.6 is 0 Å². The van der Waals surface area contributed by atoms with E-state index in [1.807, 2.05) is 0 Å². The number of esters is 1. The zero-order valence-corrected chi connectivity index (χ0v) is 16.0. The van der Waals surface area contributed by atoms with Gasteiger partial charge in [-0.1, -0.05) is 18.2 Å². The molecule has 0 amide bonds. The van der Waals surface area contributed by atoms with E-state index < -0.39 is 36.7 Å². The van der Waals surface area contributed by atoms with Crippen LogP contribution in [0.25, 0.3) is 6.08 Å². The standard InChI is InChI=1S/C21H24O9/c22-14-5-1-12(2-6-14)4-8-17(24)28-11-16-18(25)19(26)20(27)21(30-16)29-10-13-3-7-15(23)9-13/h1-8,13,16,18-22,25-27H,9-11H2/b8-4+/t13?,16-,18-,19+,20-,21-/m1/s1. The number of ether oxygens (including phenoxy) is 3. The number of aromatic hydroxyl groups is 1. The lowest BCUT2D eigenvalue weighted by molar-refractivity contribution is -0.302. The Morgan fingerprint density at radius 1 is 1.10 bits per heavy atom. The first-order valence-electron chi connectivity index (χ1n) is 9.49. The normalized spacial score (nSPS) is 31.4. The Morgan fingerprint density at radius 2 is 1.83 bits per heavy atom. The molecule has 1 saturated heterocycles. The molecule has 1 aromatic rings. The van der Waals surface area contributed by atoms with E-state index in [0.29, 0.717) is 12.0 Å². The molecule has 1 aliphatic heterocycles. The molecule has 6 atom stereocenters. The number of benzene rings is 1. The number of phenols is 1. The Labute approximate surface area is 172 Å². The van der Waals surface area contributed by atoms with Crippen LogP contribution in [0, 0.1) is 5.92 Å². The lowest BCUT2D eigenvalue weighted by atomic mass is 9.99. The van der Waals surface area contributed by atoms with Crippen molar-refractivity contribution in [3.8, 4) is 5.75 Å². The topological polar surface area (TPSA) is 143 Å². The molecule has 9 heteroatoms. The van der Waals surface area contributed by atoms with E-state index in [2.05, 4.69) is 0 Å². The van der Waals surface area contributed by atoms with Crippen molar-refractivity contribution in [2.24, 2.45) is 5.92 Å². The number of rotatable bonds is 7. The van der Waals surface area contributed by atoms with E-state index in [1.165, 1.54) is 30.4 Å². The zero-order valence-electron chi connectivity index (χ0n) is 16.0. The van der Waals surface area contributed by atoms with Gasteiger partial charge in [-0.2, -0.15) is 0 Å². The molecule has 0 bridgehead atoms. The van der Waals surface area contributed by atoms with E-state index in [1.54, 1.807) is 18.2 Å². The van der Waals surface area contributed by atoms with Crippen molar-refractivity contribution in [3.05, 3.63) is 48.1 Å². The summed E-state index contributed by atoms with van der Waals surface area (Å²) >= 11 is 0. The molecular weight excluding hydrogens is 396 g/mol. The van der Waals surface area contributed by atoms with Crippen LogP contribution in [0.3, 0.4) is 0 Å². The van der Waals surface area contributed by atoms with Crippen LogP contribution in [0.15, 0.2) is 42.5 Å². The minimum Gasteiger partial charge on any atom is -0.508 e. The predicted molar refractivity (Wildman–Crippen MR) is 103 cm³/mol. The van der Waals surface area contributed by atoms with Gasteiger partial charge in [-0.25, -0.2) is 4.79 Å². The van der Waals surface area contributed by atoms with E-state index in [4.69, 9.17) is 14.2 Å². The molecule has 0 aromatic heterocycles. The van der Waals surface area contributed by atoms with Crippen LogP contribution in [-0.4, -0.2) is 76.1 Å².